The largest absolute Gasteiger partial charge is 0.262 e. The number of hydrogen-bond acceptors (Lipinski definition) is 1. The van der Waals surface area contributed by atoms with Gasteiger partial charge in [0.25, 0.3) is 0 Å². The molecular formula is C15H13N. The van der Waals surface area contributed by atoms with Crippen LogP contribution >= 0.6 is 0 Å². The lowest BCUT2D eigenvalue weighted by atomic mass is 10.1. The minimum Gasteiger partial charge on any atom is -0.262 e. The lowest BCUT2D eigenvalue weighted by Crippen LogP contribution is -1.81. The standard InChI is InChI=1S/C15H13N/c1-12-3-5-14(6-4-12)7-8-15-9-10-16-13(2)11-15/h3-6,9-11H,1-2H3. The molecule has 0 saturated heterocycles. The zero-order chi connectivity index (χ0) is 11.4. The Morgan fingerprint density at radius 1 is 0.875 bits per heavy atom. The van der Waals surface area contributed by atoms with Crippen molar-refractivity contribution in [3.8, 4) is 11.8 Å². The zero-order valence-electron chi connectivity index (χ0n) is 9.49. The van der Waals surface area contributed by atoms with Gasteiger partial charge in [-0.1, -0.05) is 29.5 Å². The van der Waals surface area contributed by atoms with Gasteiger partial charge in [0.15, 0.2) is 0 Å². The van der Waals surface area contributed by atoms with Crippen LogP contribution in [-0.2, 0) is 0 Å². The fourth-order valence-electron chi connectivity index (χ4n) is 1.40. The van der Waals surface area contributed by atoms with Crippen LogP contribution in [-0.4, -0.2) is 4.98 Å². The Morgan fingerprint density at radius 2 is 1.56 bits per heavy atom. The van der Waals surface area contributed by atoms with Crippen LogP contribution in [0.5, 0.6) is 0 Å². The van der Waals surface area contributed by atoms with E-state index in [-0.39, 0.29) is 0 Å². The van der Waals surface area contributed by atoms with Gasteiger partial charge in [-0.25, -0.2) is 0 Å². The summed E-state index contributed by atoms with van der Waals surface area (Å²) in [6.45, 7) is 4.04. The maximum Gasteiger partial charge on any atom is 0.0385 e. The predicted octanol–water partition coefficient (Wildman–Crippen LogP) is 3.10. The Morgan fingerprint density at radius 3 is 2.25 bits per heavy atom. The molecule has 2 aromatic rings. The second-order valence-corrected chi connectivity index (χ2v) is 3.80. The van der Waals surface area contributed by atoms with Gasteiger partial charge >= 0.3 is 0 Å². The summed E-state index contributed by atoms with van der Waals surface area (Å²) in [7, 11) is 0. The van der Waals surface area contributed by atoms with E-state index in [0.717, 1.165) is 16.8 Å². The highest BCUT2D eigenvalue weighted by Crippen LogP contribution is 2.03. The van der Waals surface area contributed by atoms with Gasteiger partial charge in [0, 0.05) is 23.0 Å². The second kappa shape index (κ2) is 4.63. The molecule has 0 spiro atoms. The Balaban J connectivity index is 2.25. The van der Waals surface area contributed by atoms with Gasteiger partial charge < -0.3 is 0 Å². The molecule has 0 aliphatic carbocycles. The summed E-state index contributed by atoms with van der Waals surface area (Å²) in [5.41, 5.74) is 4.30. The summed E-state index contributed by atoms with van der Waals surface area (Å²) in [4.78, 5) is 4.14. The first-order valence-corrected chi connectivity index (χ1v) is 5.25. The van der Waals surface area contributed by atoms with E-state index in [1.807, 2.05) is 31.2 Å². The van der Waals surface area contributed by atoms with Gasteiger partial charge in [0.05, 0.1) is 0 Å². The van der Waals surface area contributed by atoms with E-state index < -0.39 is 0 Å². The average molecular weight is 207 g/mol. The van der Waals surface area contributed by atoms with Crippen LogP contribution in [0.2, 0.25) is 0 Å². The average Bonchev–Trinajstić information content (AvgIpc) is 2.28. The van der Waals surface area contributed by atoms with Crippen molar-refractivity contribution in [2.45, 2.75) is 13.8 Å². The number of aromatic nitrogens is 1. The van der Waals surface area contributed by atoms with Crippen LogP contribution in [0, 0.1) is 25.7 Å². The van der Waals surface area contributed by atoms with Crippen molar-refractivity contribution >= 4 is 0 Å². The summed E-state index contributed by atoms with van der Waals surface area (Å²) in [5.74, 6) is 6.27. The van der Waals surface area contributed by atoms with Gasteiger partial charge in [0.1, 0.15) is 0 Å². The van der Waals surface area contributed by atoms with Crippen molar-refractivity contribution in [2.75, 3.05) is 0 Å². The molecule has 1 heteroatoms. The molecule has 1 aromatic heterocycles. The summed E-state index contributed by atoms with van der Waals surface area (Å²) >= 11 is 0. The monoisotopic (exact) mass is 207 g/mol. The molecule has 0 saturated carbocycles. The molecule has 0 fully saturated rings. The van der Waals surface area contributed by atoms with Gasteiger partial charge in [0.2, 0.25) is 0 Å². The molecule has 1 heterocycles. The third-order valence-electron chi connectivity index (χ3n) is 2.30. The van der Waals surface area contributed by atoms with Crippen molar-refractivity contribution < 1.29 is 0 Å². The summed E-state index contributed by atoms with van der Waals surface area (Å²) < 4.78 is 0. The van der Waals surface area contributed by atoms with E-state index >= 15 is 0 Å². The van der Waals surface area contributed by atoms with Crippen LogP contribution in [0.4, 0.5) is 0 Å². The number of pyridine rings is 1. The topological polar surface area (TPSA) is 12.9 Å². The van der Waals surface area contributed by atoms with E-state index in [1.165, 1.54) is 5.56 Å². The molecule has 0 bridgehead atoms. The first-order chi connectivity index (χ1) is 7.74. The first-order valence-electron chi connectivity index (χ1n) is 5.25. The Kier molecular flexibility index (Phi) is 3.03. The highest BCUT2D eigenvalue weighted by atomic mass is 14.6. The smallest absolute Gasteiger partial charge is 0.0385 e. The van der Waals surface area contributed by atoms with Gasteiger partial charge in [-0.15, -0.1) is 0 Å². The third kappa shape index (κ3) is 2.71. The fraction of sp³-hybridized carbons (Fsp3) is 0.133. The first kappa shape index (κ1) is 10.4. The molecule has 0 N–H and O–H groups in total. The third-order valence-corrected chi connectivity index (χ3v) is 2.30. The van der Waals surface area contributed by atoms with Gasteiger partial charge in [-0.3, -0.25) is 4.98 Å². The molecule has 0 unspecified atom stereocenters. The predicted molar refractivity (Wildman–Crippen MR) is 66.1 cm³/mol. The van der Waals surface area contributed by atoms with Crippen LogP contribution in [0.3, 0.4) is 0 Å². The van der Waals surface area contributed by atoms with E-state index in [2.05, 4.69) is 35.9 Å². The molecule has 0 radical (unpaired) electrons. The van der Waals surface area contributed by atoms with Crippen molar-refractivity contribution in [3.05, 3.63) is 65.0 Å². The van der Waals surface area contributed by atoms with Crippen LogP contribution < -0.4 is 0 Å². The lowest BCUT2D eigenvalue weighted by molar-refractivity contribution is 1.19. The number of nitrogens with zero attached hydrogens (tertiary/aromatic N) is 1. The minimum absolute atomic E-state index is 0.996. The summed E-state index contributed by atoms with van der Waals surface area (Å²) in [6, 6.07) is 12.1. The summed E-state index contributed by atoms with van der Waals surface area (Å²) in [5, 5.41) is 0. The van der Waals surface area contributed by atoms with Crippen molar-refractivity contribution in [1.82, 2.24) is 4.98 Å². The fourth-order valence-corrected chi connectivity index (χ4v) is 1.40. The van der Waals surface area contributed by atoms with Crippen LogP contribution in [0.25, 0.3) is 0 Å². The van der Waals surface area contributed by atoms with Gasteiger partial charge in [-0.05, 0) is 38.1 Å². The molecule has 1 aromatic carbocycles. The minimum atomic E-state index is 0.996. The Labute approximate surface area is 96.2 Å². The van der Waals surface area contributed by atoms with Crippen molar-refractivity contribution in [3.63, 3.8) is 0 Å². The van der Waals surface area contributed by atoms with E-state index in [1.54, 1.807) is 6.20 Å². The number of benzene rings is 1. The van der Waals surface area contributed by atoms with Crippen LogP contribution in [0.1, 0.15) is 22.4 Å². The maximum absolute atomic E-state index is 4.14. The quantitative estimate of drug-likeness (QED) is 0.605. The SMILES string of the molecule is Cc1ccc(C#Cc2ccnc(C)c2)cc1. The lowest BCUT2D eigenvalue weighted by Gasteiger charge is -1.93. The highest BCUT2D eigenvalue weighted by molar-refractivity contribution is 5.43. The van der Waals surface area contributed by atoms with E-state index in [4.69, 9.17) is 0 Å². The molecule has 16 heavy (non-hydrogen) atoms. The number of aryl methyl sites for hydroxylation is 2. The second-order valence-electron chi connectivity index (χ2n) is 3.80. The van der Waals surface area contributed by atoms with E-state index in [0.29, 0.717) is 0 Å². The summed E-state index contributed by atoms with van der Waals surface area (Å²) in [6.07, 6.45) is 1.79. The Hall–Kier alpha value is -2.07. The zero-order valence-corrected chi connectivity index (χ0v) is 9.49. The van der Waals surface area contributed by atoms with Crippen molar-refractivity contribution in [2.24, 2.45) is 0 Å². The number of hydrogen-bond donors (Lipinski definition) is 0. The molecule has 0 aliphatic heterocycles. The molecule has 1 nitrogen and oxygen atoms in total. The molecule has 2 rings (SSSR count). The molecule has 0 aliphatic rings. The van der Waals surface area contributed by atoms with Crippen molar-refractivity contribution in [1.29, 1.82) is 0 Å². The van der Waals surface area contributed by atoms with Crippen LogP contribution in [0.15, 0.2) is 42.6 Å². The Bertz CT molecular complexity index is 542. The maximum atomic E-state index is 4.14. The van der Waals surface area contributed by atoms with E-state index in [9.17, 15) is 0 Å². The molecular weight excluding hydrogens is 194 g/mol. The molecule has 0 atom stereocenters. The normalized spacial score (nSPS) is 9.38. The van der Waals surface area contributed by atoms with Gasteiger partial charge in [-0.2, -0.15) is 0 Å². The molecule has 0 amide bonds. The molecule has 78 valence electrons. The number of rotatable bonds is 0. The highest BCUT2D eigenvalue weighted by Gasteiger charge is 1.89.